The summed E-state index contributed by atoms with van der Waals surface area (Å²) in [6, 6.07) is 5.88. The van der Waals surface area contributed by atoms with Crippen LogP contribution in [0.1, 0.15) is 20.3 Å². The number of hydrogen-bond donors (Lipinski definition) is 2. The van der Waals surface area contributed by atoms with Gasteiger partial charge in [0.05, 0.1) is 0 Å². The molecule has 0 aliphatic rings. The normalized spacial score (nSPS) is 10.1. The fourth-order valence-corrected chi connectivity index (χ4v) is 1.51. The molecule has 0 heterocycles. The van der Waals surface area contributed by atoms with Gasteiger partial charge in [0.1, 0.15) is 5.82 Å². The molecule has 0 aliphatic heterocycles. The number of hydrogen-bond acceptors (Lipinski definition) is 2. The molecule has 0 saturated heterocycles. The van der Waals surface area contributed by atoms with Crippen molar-refractivity contribution in [3.05, 3.63) is 30.1 Å². The van der Waals surface area contributed by atoms with Crippen LogP contribution in [0.2, 0.25) is 0 Å². The molecular formula is C12H15FN2OS. The predicted octanol–water partition coefficient (Wildman–Crippen LogP) is 2.68. The minimum atomic E-state index is -0.355. The average Bonchev–Trinajstić information content (AvgIpc) is 2.14. The summed E-state index contributed by atoms with van der Waals surface area (Å²) in [5.74, 6) is -0.229. The van der Waals surface area contributed by atoms with Gasteiger partial charge in [0.2, 0.25) is 5.91 Å². The van der Waals surface area contributed by atoms with E-state index in [4.69, 9.17) is 12.2 Å². The van der Waals surface area contributed by atoms with E-state index in [1.54, 1.807) is 12.1 Å². The second-order valence-corrected chi connectivity index (χ2v) is 4.52. The standard InChI is InChI=1S/C12H15FN2OS/c1-8(2)6-11(16)15-12(17)14-10-5-3-4-9(13)7-10/h3-5,7-8H,6H2,1-2H3,(H2,14,15,16,17). The minimum absolute atomic E-state index is 0.145. The maximum atomic E-state index is 12.9. The quantitative estimate of drug-likeness (QED) is 0.815. The van der Waals surface area contributed by atoms with Crippen molar-refractivity contribution >= 4 is 28.9 Å². The summed E-state index contributed by atoms with van der Waals surface area (Å²) in [5, 5.41) is 5.47. The third kappa shape index (κ3) is 5.40. The fraction of sp³-hybridized carbons (Fsp3) is 0.333. The van der Waals surface area contributed by atoms with E-state index < -0.39 is 0 Å². The monoisotopic (exact) mass is 254 g/mol. The van der Waals surface area contributed by atoms with Crippen LogP contribution in [0.25, 0.3) is 0 Å². The lowest BCUT2D eigenvalue weighted by molar-refractivity contribution is -0.120. The number of carbonyl (C=O) groups is 1. The zero-order chi connectivity index (χ0) is 12.8. The number of halogens is 1. The molecule has 3 nitrogen and oxygen atoms in total. The Morgan fingerprint density at radius 1 is 1.47 bits per heavy atom. The first-order valence-corrected chi connectivity index (χ1v) is 5.74. The lowest BCUT2D eigenvalue weighted by Crippen LogP contribution is -2.34. The van der Waals surface area contributed by atoms with Crippen LogP contribution in [0.4, 0.5) is 10.1 Å². The van der Waals surface area contributed by atoms with Crippen LogP contribution in [0.5, 0.6) is 0 Å². The van der Waals surface area contributed by atoms with E-state index in [0.717, 1.165) is 0 Å². The number of amides is 1. The predicted molar refractivity (Wildman–Crippen MR) is 70.2 cm³/mol. The molecule has 1 rings (SSSR count). The van der Waals surface area contributed by atoms with Crippen molar-refractivity contribution in [3.8, 4) is 0 Å². The van der Waals surface area contributed by atoms with E-state index in [2.05, 4.69) is 10.6 Å². The second kappa shape index (κ2) is 6.30. The van der Waals surface area contributed by atoms with Crippen LogP contribution in [0.15, 0.2) is 24.3 Å². The summed E-state index contributed by atoms with van der Waals surface area (Å²) in [7, 11) is 0. The van der Waals surface area contributed by atoms with Gasteiger partial charge >= 0.3 is 0 Å². The van der Waals surface area contributed by atoms with Gasteiger partial charge in [-0.05, 0) is 36.3 Å². The number of anilines is 1. The average molecular weight is 254 g/mol. The van der Waals surface area contributed by atoms with Crippen molar-refractivity contribution in [2.45, 2.75) is 20.3 Å². The Kier molecular flexibility index (Phi) is 5.03. The lowest BCUT2D eigenvalue weighted by Gasteiger charge is -2.10. The van der Waals surface area contributed by atoms with Gasteiger partial charge in [0, 0.05) is 12.1 Å². The van der Waals surface area contributed by atoms with Crippen LogP contribution in [0.3, 0.4) is 0 Å². The summed E-state index contributed by atoms with van der Waals surface area (Å²) < 4.78 is 12.9. The Morgan fingerprint density at radius 3 is 2.76 bits per heavy atom. The fourth-order valence-electron chi connectivity index (χ4n) is 1.28. The molecule has 5 heteroatoms. The summed E-state index contributed by atoms with van der Waals surface area (Å²) in [4.78, 5) is 11.4. The molecule has 17 heavy (non-hydrogen) atoms. The van der Waals surface area contributed by atoms with Gasteiger partial charge in [0.25, 0.3) is 0 Å². The molecule has 0 saturated carbocycles. The highest BCUT2D eigenvalue weighted by Crippen LogP contribution is 2.08. The van der Waals surface area contributed by atoms with Gasteiger partial charge < -0.3 is 10.6 Å². The molecule has 0 aliphatic carbocycles. The maximum absolute atomic E-state index is 12.9. The van der Waals surface area contributed by atoms with Crippen LogP contribution in [-0.2, 0) is 4.79 Å². The van der Waals surface area contributed by atoms with E-state index in [9.17, 15) is 9.18 Å². The zero-order valence-electron chi connectivity index (χ0n) is 9.79. The van der Waals surface area contributed by atoms with E-state index in [1.807, 2.05) is 13.8 Å². The molecule has 1 amide bonds. The number of thiocarbonyl (C=S) groups is 1. The van der Waals surface area contributed by atoms with E-state index in [0.29, 0.717) is 12.1 Å². The lowest BCUT2D eigenvalue weighted by atomic mass is 10.1. The molecular weight excluding hydrogens is 239 g/mol. The second-order valence-electron chi connectivity index (χ2n) is 4.11. The summed E-state index contributed by atoms with van der Waals surface area (Å²) >= 11 is 4.94. The smallest absolute Gasteiger partial charge is 0.226 e. The molecule has 0 aromatic heterocycles. The molecule has 2 N–H and O–H groups in total. The van der Waals surface area contributed by atoms with Crippen molar-refractivity contribution in [2.24, 2.45) is 5.92 Å². The van der Waals surface area contributed by atoms with Gasteiger partial charge in [-0.1, -0.05) is 19.9 Å². The molecule has 0 radical (unpaired) electrons. The molecule has 92 valence electrons. The summed E-state index contributed by atoms with van der Waals surface area (Å²) in [5.41, 5.74) is 0.514. The molecule has 0 spiro atoms. The highest BCUT2D eigenvalue weighted by atomic mass is 32.1. The largest absolute Gasteiger partial charge is 0.332 e. The third-order valence-corrected chi connectivity index (χ3v) is 2.13. The molecule has 0 fully saturated rings. The summed E-state index contributed by atoms with van der Waals surface area (Å²) in [6.07, 6.45) is 0.408. The Hall–Kier alpha value is -1.49. The molecule has 1 aromatic carbocycles. The molecule has 0 bridgehead atoms. The van der Waals surface area contributed by atoms with E-state index in [1.165, 1.54) is 12.1 Å². The van der Waals surface area contributed by atoms with Gasteiger partial charge in [-0.25, -0.2) is 4.39 Å². The number of rotatable bonds is 3. The van der Waals surface area contributed by atoms with E-state index >= 15 is 0 Å². The highest BCUT2D eigenvalue weighted by molar-refractivity contribution is 7.80. The SMILES string of the molecule is CC(C)CC(=O)NC(=S)Nc1cccc(F)c1. The first kappa shape index (κ1) is 13.6. The number of carbonyl (C=O) groups excluding carboxylic acids is 1. The van der Waals surface area contributed by atoms with Crippen molar-refractivity contribution < 1.29 is 9.18 Å². The molecule has 0 unspecified atom stereocenters. The van der Waals surface area contributed by atoms with Crippen LogP contribution < -0.4 is 10.6 Å². The molecule has 1 aromatic rings. The minimum Gasteiger partial charge on any atom is -0.332 e. The Labute approximate surface area is 105 Å². The van der Waals surface area contributed by atoms with Crippen LogP contribution in [-0.4, -0.2) is 11.0 Å². The van der Waals surface area contributed by atoms with Crippen molar-refractivity contribution in [3.63, 3.8) is 0 Å². The summed E-state index contributed by atoms with van der Waals surface area (Å²) in [6.45, 7) is 3.89. The number of nitrogens with one attached hydrogen (secondary N) is 2. The van der Waals surface area contributed by atoms with Crippen LogP contribution in [0, 0.1) is 11.7 Å². The van der Waals surface area contributed by atoms with Crippen molar-refractivity contribution in [1.82, 2.24) is 5.32 Å². The van der Waals surface area contributed by atoms with Gasteiger partial charge in [0.15, 0.2) is 5.11 Å². The Balaban J connectivity index is 2.47. The maximum Gasteiger partial charge on any atom is 0.226 e. The first-order valence-electron chi connectivity index (χ1n) is 5.34. The van der Waals surface area contributed by atoms with Crippen molar-refractivity contribution in [1.29, 1.82) is 0 Å². The Bertz CT molecular complexity index is 421. The van der Waals surface area contributed by atoms with Crippen molar-refractivity contribution in [2.75, 3.05) is 5.32 Å². The highest BCUT2D eigenvalue weighted by Gasteiger charge is 2.07. The van der Waals surface area contributed by atoms with Gasteiger partial charge in [-0.2, -0.15) is 0 Å². The first-order chi connectivity index (χ1) is 7.97. The van der Waals surface area contributed by atoms with E-state index in [-0.39, 0.29) is 22.8 Å². The van der Waals surface area contributed by atoms with Gasteiger partial charge in [-0.15, -0.1) is 0 Å². The van der Waals surface area contributed by atoms with Crippen LogP contribution >= 0.6 is 12.2 Å². The number of benzene rings is 1. The Morgan fingerprint density at radius 2 is 2.18 bits per heavy atom. The topological polar surface area (TPSA) is 41.1 Å². The third-order valence-electron chi connectivity index (χ3n) is 1.93. The molecule has 0 atom stereocenters. The zero-order valence-corrected chi connectivity index (χ0v) is 10.6. The van der Waals surface area contributed by atoms with Gasteiger partial charge in [-0.3, -0.25) is 4.79 Å².